The van der Waals surface area contributed by atoms with Crippen LogP contribution in [-0.2, 0) is 4.79 Å². The van der Waals surface area contributed by atoms with E-state index in [1.165, 1.54) is 12.1 Å². The lowest BCUT2D eigenvalue weighted by Crippen LogP contribution is -2.36. The minimum Gasteiger partial charge on any atom is -0.348 e. The fourth-order valence-corrected chi connectivity index (χ4v) is 2.33. The van der Waals surface area contributed by atoms with Gasteiger partial charge in [0.1, 0.15) is 11.6 Å². The predicted octanol–water partition coefficient (Wildman–Crippen LogP) is 3.49. The van der Waals surface area contributed by atoms with Crippen LogP contribution in [0.2, 0.25) is 0 Å². The molecule has 2 aromatic carbocycles. The predicted molar refractivity (Wildman–Crippen MR) is 85.8 cm³/mol. The van der Waals surface area contributed by atoms with Gasteiger partial charge < -0.3 is 10.6 Å². The van der Waals surface area contributed by atoms with Crippen LogP contribution in [0.1, 0.15) is 37.1 Å². The molecule has 122 valence electrons. The Bertz CT molecular complexity index is 661. The third kappa shape index (κ3) is 4.86. The number of halogens is 2. The first kappa shape index (κ1) is 17.1. The van der Waals surface area contributed by atoms with Crippen molar-refractivity contribution in [3.05, 3.63) is 71.3 Å². The minimum atomic E-state index is -0.622. The number of hydrogen-bond donors (Lipinski definition) is 2. The standard InChI is InChI=1S/C18H20F2N2O/c1-12(14-6-4-3-5-7-14)22-18(23)11-21-13(2)16-9-8-15(19)10-17(16)20/h3-10,12-13,21H,11H2,1-2H3,(H,22,23)/t12-,13-/m0/s1. The molecule has 0 aliphatic rings. The Hall–Kier alpha value is -2.27. The fraction of sp³-hybridized carbons (Fsp3) is 0.278. The number of carbonyl (C=O) groups is 1. The molecule has 0 unspecified atom stereocenters. The average Bonchev–Trinajstić information content (AvgIpc) is 2.53. The van der Waals surface area contributed by atoms with Crippen LogP contribution < -0.4 is 10.6 Å². The first-order valence-electron chi connectivity index (χ1n) is 7.50. The Balaban J connectivity index is 1.86. The van der Waals surface area contributed by atoms with Gasteiger partial charge in [-0.1, -0.05) is 36.4 Å². The van der Waals surface area contributed by atoms with Gasteiger partial charge in [-0.25, -0.2) is 8.78 Å². The van der Waals surface area contributed by atoms with Gasteiger partial charge in [-0.15, -0.1) is 0 Å². The Morgan fingerprint density at radius 1 is 1.04 bits per heavy atom. The molecule has 3 nitrogen and oxygen atoms in total. The summed E-state index contributed by atoms with van der Waals surface area (Å²) in [6.07, 6.45) is 0. The van der Waals surface area contributed by atoms with Crippen molar-refractivity contribution in [2.45, 2.75) is 25.9 Å². The van der Waals surface area contributed by atoms with Crippen molar-refractivity contribution in [3.63, 3.8) is 0 Å². The van der Waals surface area contributed by atoms with Crippen molar-refractivity contribution < 1.29 is 13.6 Å². The highest BCUT2D eigenvalue weighted by atomic mass is 19.1. The topological polar surface area (TPSA) is 41.1 Å². The summed E-state index contributed by atoms with van der Waals surface area (Å²) >= 11 is 0. The van der Waals surface area contributed by atoms with E-state index in [1.54, 1.807) is 6.92 Å². The molecule has 0 bridgehead atoms. The highest BCUT2D eigenvalue weighted by Crippen LogP contribution is 2.17. The molecule has 1 amide bonds. The van der Waals surface area contributed by atoms with Gasteiger partial charge in [0.25, 0.3) is 0 Å². The lowest BCUT2D eigenvalue weighted by atomic mass is 10.1. The summed E-state index contributed by atoms with van der Waals surface area (Å²) < 4.78 is 26.6. The van der Waals surface area contributed by atoms with E-state index in [1.807, 2.05) is 37.3 Å². The summed E-state index contributed by atoms with van der Waals surface area (Å²) in [5.41, 5.74) is 1.34. The van der Waals surface area contributed by atoms with Gasteiger partial charge in [-0.3, -0.25) is 4.79 Å². The monoisotopic (exact) mass is 318 g/mol. The van der Waals surface area contributed by atoms with Gasteiger partial charge >= 0.3 is 0 Å². The SMILES string of the molecule is C[C@H](NC(=O)CN[C@@H](C)c1ccc(F)cc1F)c1ccccc1. The van der Waals surface area contributed by atoms with E-state index >= 15 is 0 Å². The lowest BCUT2D eigenvalue weighted by Gasteiger charge is -2.17. The number of benzene rings is 2. The molecule has 0 radical (unpaired) electrons. The molecule has 0 aliphatic heterocycles. The van der Waals surface area contributed by atoms with Crippen LogP contribution in [0.15, 0.2) is 48.5 Å². The molecule has 0 heterocycles. The molecule has 23 heavy (non-hydrogen) atoms. The third-order valence-electron chi connectivity index (χ3n) is 3.67. The summed E-state index contributed by atoms with van der Waals surface area (Å²) in [7, 11) is 0. The molecule has 0 fully saturated rings. The van der Waals surface area contributed by atoms with Gasteiger partial charge in [-0.05, 0) is 25.5 Å². The molecule has 2 rings (SSSR count). The second kappa shape index (κ2) is 7.83. The van der Waals surface area contributed by atoms with Crippen LogP contribution >= 0.6 is 0 Å². The summed E-state index contributed by atoms with van der Waals surface area (Å²) in [6.45, 7) is 3.68. The maximum absolute atomic E-state index is 13.7. The molecule has 5 heteroatoms. The highest BCUT2D eigenvalue weighted by molar-refractivity contribution is 5.78. The molecule has 0 aliphatic carbocycles. The molecule has 0 saturated heterocycles. The van der Waals surface area contributed by atoms with Crippen LogP contribution in [0.25, 0.3) is 0 Å². The second-order valence-electron chi connectivity index (χ2n) is 5.47. The third-order valence-corrected chi connectivity index (χ3v) is 3.67. The Morgan fingerprint density at radius 3 is 2.39 bits per heavy atom. The summed E-state index contributed by atoms with van der Waals surface area (Å²) in [5.74, 6) is -1.42. The van der Waals surface area contributed by atoms with Crippen LogP contribution in [-0.4, -0.2) is 12.5 Å². The molecular weight excluding hydrogens is 298 g/mol. The Morgan fingerprint density at radius 2 is 1.74 bits per heavy atom. The maximum atomic E-state index is 13.7. The lowest BCUT2D eigenvalue weighted by molar-refractivity contribution is -0.121. The van der Waals surface area contributed by atoms with Gasteiger partial charge in [0.15, 0.2) is 0 Å². The number of nitrogens with one attached hydrogen (secondary N) is 2. The molecule has 2 aromatic rings. The van der Waals surface area contributed by atoms with E-state index in [9.17, 15) is 13.6 Å². The minimum absolute atomic E-state index is 0.0508. The average molecular weight is 318 g/mol. The van der Waals surface area contributed by atoms with Crippen molar-refractivity contribution in [3.8, 4) is 0 Å². The van der Waals surface area contributed by atoms with Crippen molar-refractivity contribution in [2.24, 2.45) is 0 Å². The zero-order valence-corrected chi connectivity index (χ0v) is 13.1. The fourth-order valence-electron chi connectivity index (χ4n) is 2.33. The van der Waals surface area contributed by atoms with Gasteiger partial charge in [0, 0.05) is 17.7 Å². The summed E-state index contributed by atoms with van der Waals surface area (Å²) in [5, 5.41) is 5.81. The molecule has 2 N–H and O–H groups in total. The number of hydrogen-bond acceptors (Lipinski definition) is 2. The van der Waals surface area contributed by atoms with Gasteiger partial charge in [0.05, 0.1) is 12.6 Å². The van der Waals surface area contributed by atoms with E-state index < -0.39 is 17.7 Å². The molecule has 0 aromatic heterocycles. The van der Waals surface area contributed by atoms with Gasteiger partial charge in [-0.2, -0.15) is 0 Å². The zero-order chi connectivity index (χ0) is 16.8. The number of amides is 1. The number of rotatable bonds is 6. The normalized spacial score (nSPS) is 13.4. The van der Waals surface area contributed by atoms with Crippen molar-refractivity contribution in [1.82, 2.24) is 10.6 Å². The Labute approximate surface area is 134 Å². The van der Waals surface area contributed by atoms with E-state index in [4.69, 9.17) is 0 Å². The van der Waals surface area contributed by atoms with Crippen molar-refractivity contribution in [1.29, 1.82) is 0 Å². The maximum Gasteiger partial charge on any atom is 0.234 e. The van der Waals surface area contributed by atoms with Crippen molar-refractivity contribution in [2.75, 3.05) is 6.54 Å². The van der Waals surface area contributed by atoms with Crippen LogP contribution in [0.3, 0.4) is 0 Å². The van der Waals surface area contributed by atoms with E-state index in [0.717, 1.165) is 11.6 Å². The highest BCUT2D eigenvalue weighted by Gasteiger charge is 2.14. The summed E-state index contributed by atoms with van der Waals surface area (Å²) in [6, 6.07) is 12.5. The second-order valence-corrected chi connectivity index (χ2v) is 5.47. The molecule has 0 saturated carbocycles. The van der Waals surface area contributed by atoms with Crippen LogP contribution in [0.5, 0.6) is 0 Å². The Kier molecular flexibility index (Phi) is 5.82. The summed E-state index contributed by atoms with van der Waals surface area (Å²) in [4.78, 5) is 12.0. The smallest absolute Gasteiger partial charge is 0.234 e. The molecule has 2 atom stereocenters. The number of carbonyl (C=O) groups excluding carboxylic acids is 1. The van der Waals surface area contributed by atoms with Gasteiger partial charge in [0.2, 0.25) is 5.91 Å². The molecular formula is C18H20F2N2O. The van der Waals surface area contributed by atoms with Crippen LogP contribution in [0.4, 0.5) is 8.78 Å². The largest absolute Gasteiger partial charge is 0.348 e. The first-order valence-corrected chi connectivity index (χ1v) is 7.50. The van der Waals surface area contributed by atoms with Crippen LogP contribution in [0, 0.1) is 11.6 Å². The van der Waals surface area contributed by atoms with E-state index in [0.29, 0.717) is 5.56 Å². The van der Waals surface area contributed by atoms with Crippen molar-refractivity contribution >= 4 is 5.91 Å². The first-order chi connectivity index (χ1) is 11.0. The molecule has 0 spiro atoms. The van der Waals surface area contributed by atoms with E-state index in [2.05, 4.69) is 10.6 Å². The zero-order valence-electron chi connectivity index (χ0n) is 13.1. The van der Waals surface area contributed by atoms with E-state index in [-0.39, 0.29) is 18.5 Å². The quantitative estimate of drug-likeness (QED) is 0.856.